The lowest BCUT2D eigenvalue weighted by Crippen LogP contribution is -2.34. The third-order valence-corrected chi connectivity index (χ3v) is 4.11. The molecule has 2 aromatic carbocycles. The van der Waals surface area contributed by atoms with Gasteiger partial charge in [0.15, 0.2) is 5.11 Å². The zero-order chi connectivity index (χ0) is 18.4. The number of ether oxygens (including phenoxy) is 2. The van der Waals surface area contributed by atoms with E-state index in [1.165, 1.54) is 24.3 Å². The lowest BCUT2D eigenvalue weighted by molar-refractivity contribution is 0.0679. The Bertz CT molecular complexity index is 759. The van der Waals surface area contributed by atoms with E-state index in [1.54, 1.807) is 12.1 Å². The molecule has 1 atom stereocenters. The van der Waals surface area contributed by atoms with Gasteiger partial charge in [0.2, 0.25) is 0 Å². The molecule has 2 N–H and O–H groups in total. The first-order valence-electron chi connectivity index (χ1n) is 8.32. The van der Waals surface area contributed by atoms with Crippen molar-refractivity contribution < 1.29 is 18.7 Å². The summed E-state index contributed by atoms with van der Waals surface area (Å²) < 4.78 is 24.1. The maximum Gasteiger partial charge on any atom is 0.257 e. The second-order valence-electron chi connectivity index (χ2n) is 5.89. The number of thiocarbonyl (C=S) groups is 1. The van der Waals surface area contributed by atoms with E-state index in [4.69, 9.17) is 21.7 Å². The molecule has 3 rings (SSSR count). The van der Waals surface area contributed by atoms with Crippen molar-refractivity contribution in [1.29, 1.82) is 0 Å². The van der Waals surface area contributed by atoms with Crippen LogP contribution in [0.4, 0.5) is 10.1 Å². The molecule has 5 nitrogen and oxygen atoms in total. The molecule has 1 aliphatic rings. The summed E-state index contributed by atoms with van der Waals surface area (Å²) in [6.45, 7) is 1.34. The normalized spacial score (nSPS) is 16.1. The Morgan fingerprint density at radius 3 is 2.58 bits per heavy atom. The predicted molar refractivity (Wildman–Crippen MR) is 101 cm³/mol. The van der Waals surface area contributed by atoms with Crippen molar-refractivity contribution in [2.45, 2.75) is 18.9 Å². The summed E-state index contributed by atoms with van der Waals surface area (Å²) in [7, 11) is 0. The van der Waals surface area contributed by atoms with Crippen molar-refractivity contribution in [1.82, 2.24) is 5.32 Å². The summed E-state index contributed by atoms with van der Waals surface area (Å²) in [5.74, 6) is -0.0598. The molecule has 0 aromatic heterocycles. The lowest BCUT2D eigenvalue weighted by atomic mass is 10.2. The Morgan fingerprint density at radius 1 is 1.19 bits per heavy atom. The highest BCUT2D eigenvalue weighted by molar-refractivity contribution is 7.80. The number of hydrogen-bond donors (Lipinski definition) is 2. The van der Waals surface area contributed by atoms with E-state index in [0.717, 1.165) is 30.9 Å². The molecule has 136 valence electrons. The van der Waals surface area contributed by atoms with Crippen LogP contribution in [0.1, 0.15) is 23.2 Å². The highest BCUT2D eigenvalue weighted by Gasteiger charge is 2.16. The molecule has 1 aliphatic heterocycles. The summed E-state index contributed by atoms with van der Waals surface area (Å²) in [6, 6.07) is 12.5. The molecule has 0 saturated carbocycles. The van der Waals surface area contributed by atoms with Crippen LogP contribution in [0.2, 0.25) is 0 Å². The lowest BCUT2D eigenvalue weighted by Gasteiger charge is -2.13. The van der Waals surface area contributed by atoms with Crippen LogP contribution in [0.5, 0.6) is 5.75 Å². The van der Waals surface area contributed by atoms with Gasteiger partial charge in [0.1, 0.15) is 18.2 Å². The molecule has 1 amide bonds. The van der Waals surface area contributed by atoms with Crippen LogP contribution in [-0.4, -0.2) is 30.3 Å². The fourth-order valence-electron chi connectivity index (χ4n) is 2.54. The van der Waals surface area contributed by atoms with E-state index in [0.29, 0.717) is 12.2 Å². The van der Waals surface area contributed by atoms with E-state index >= 15 is 0 Å². The average molecular weight is 374 g/mol. The number of hydrogen-bond acceptors (Lipinski definition) is 4. The van der Waals surface area contributed by atoms with Crippen molar-refractivity contribution in [3.63, 3.8) is 0 Å². The average Bonchev–Trinajstić information content (AvgIpc) is 3.15. The van der Waals surface area contributed by atoms with Crippen molar-refractivity contribution in [3.8, 4) is 5.75 Å². The number of carbonyl (C=O) groups excluding carboxylic acids is 1. The number of anilines is 1. The quantitative estimate of drug-likeness (QED) is 0.785. The standard InChI is InChI=1S/C19H19FN2O3S/c20-14-5-3-13(4-6-14)18(23)22-19(26)21-15-7-9-16(10-8-15)25-12-17-2-1-11-24-17/h3-10,17H,1-2,11-12H2,(H2,21,22,23,26). The van der Waals surface area contributed by atoms with Gasteiger partial charge in [0.25, 0.3) is 5.91 Å². The minimum atomic E-state index is -0.404. The highest BCUT2D eigenvalue weighted by atomic mass is 32.1. The van der Waals surface area contributed by atoms with Gasteiger partial charge < -0.3 is 14.8 Å². The largest absolute Gasteiger partial charge is 0.491 e. The number of nitrogens with one attached hydrogen (secondary N) is 2. The maximum absolute atomic E-state index is 12.9. The first-order valence-corrected chi connectivity index (χ1v) is 8.73. The Hall–Kier alpha value is -2.51. The fraction of sp³-hybridized carbons (Fsp3) is 0.263. The maximum atomic E-state index is 12.9. The van der Waals surface area contributed by atoms with Crippen LogP contribution in [0, 0.1) is 5.82 Å². The minimum Gasteiger partial charge on any atom is -0.491 e. The third kappa shape index (κ3) is 5.24. The summed E-state index contributed by atoms with van der Waals surface area (Å²) in [5, 5.41) is 5.64. The SMILES string of the molecule is O=C(NC(=S)Nc1ccc(OCC2CCCO2)cc1)c1ccc(F)cc1. The van der Waals surface area contributed by atoms with Crippen LogP contribution in [0.25, 0.3) is 0 Å². The second-order valence-corrected chi connectivity index (χ2v) is 6.29. The van der Waals surface area contributed by atoms with Gasteiger partial charge in [0, 0.05) is 17.9 Å². The van der Waals surface area contributed by atoms with Gasteiger partial charge in [-0.05, 0) is 73.6 Å². The second kappa shape index (κ2) is 8.73. The zero-order valence-corrected chi connectivity index (χ0v) is 14.9. The van der Waals surface area contributed by atoms with Crippen molar-refractivity contribution in [2.75, 3.05) is 18.5 Å². The van der Waals surface area contributed by atoms with Crippen molar-refractivity contribution in [2.24, 2.45) is 0 Å². The molecule has 0 spiro atoms. The Morgan fingerprint density at radius 2 is 1.92 bits per heavy atom. The predicted octanol–water partition coefficient (Wildman–Crippen LogP) is 3.51. The summed E-state index contributed by atoms with van der Waals surface area (Å²) in [5.41, 5.74) is 1.05. The Labute approximate surface area is 156 Å². The molecule has 0 bridgehead atoms. The number of rotatable bonds is 5. The molecule has 1 fully saturated rings. The van der Waals surface area contributed by atoms with Gasteiger partial charge in [-0.2, -0.15) is 0 Å². The van der Waals surface area contributed by atoms with Crippen LogP contribution < -0.4 is 15.4 Å². The molecule has 7 heteroatoms. The van der Waals surface area contributed by atoms with Gasteiger partial charge in [-0.1, -0.05) is 0 Å². The molecule has 2 aromatic rings. The molecule has 26 heavy (non-hydrogen) atoms. The topological polar surface area (TPSA) is 59.6 Å². The zero-order valence-electron chi connectivity index (χ0n) is 14.0. The molecular weight excluding hydrogens is 355 g/mol. The minimum absolute atomic E-state index is 0.160. The van der Waals surface area contributed by atoms with E-state index in [2.05, 4.69) is 10.6 Å². The monoisotopic (exact) mass is 374 g/mol. The van der Waals surface area contributed by atoms with Gasteiger partial charge in [-0.15, -0.1) is 0 Å². The molecule has 0 radical (unpaired) electrons. The molecule has 1 unspecified atom stereocenters. The first-order chi connectivity index (χ1) is 12.6. The Kier molecular flexibility index (Phi) is 6.14. The van der Waals surface area contributed by atoms with Gasteiger partial charge in [-0.25, -0.2) is 4.39 Å². The van der Waals surface area contributed by atoms with Gasteiger partial charge in [0.05, 0.1) is 6.10 Å². The highest BCUT2D eigenvalue weighted by Crippen LogP contribution is 2.18. The van der Waals surface area contributed by atoms with Gasteiger partial charge >= 0.3 is 0 Å². The number of benzene rings is 2. The summed E-state index contributed by atoms with van der Waals surface area (Å²) in [6.07, 6.45) is 2.28. The fourth-order valence-corrected chi connectivity index (χ4v) is 2.75. The number of amides is 1. The smallest absolute Gasteiger partial charge is 0.257 e. The molecular formula is C19H19FN2O3S. The van der Waals surface area contributed by atoms with Crippen LogP contribution in [-0.2, 0) is 4.74 Å². The van der Waals surface area contributed by atoms with E-state index in [9.17, 15) is 9.18 Å². The van der Waals surface area contributed by atoms with Crippen molar-refractivity contribution >= 4 is 28.9 Å². The van der Waals surface area contributed by atoms with Crippen LogP contribution in [0.15, 0.2) is 48.5 Å². The molecule has 0 aliphatic carbocycles. The first kappa shape index (κ1) is 18.3. The third-order valence-electron chi connectivity index (χ3n) is 3.91. The number of carbonyl (C=O) groups is 1. The molecule has 1 heterocycles. The van der Waals surface area contributed by atoms with E-state index in [-0.39, 0.29) is 11.2 Å². The summed E-state index contributed by atoms with van der Waals surface area (Å²) in [4.78, 5) is 12.0. The van der Waals surface area contributed by atoms with Crippen LogP contribution >= 0.6 is 12.2 Å². The van der Waals surface area contributed by atoms with E-state index in [1.807, 2.05) is 12.1 Å². The van der Waals surface area contributed by atoms with Crippen molar-refractivity contribution in [3.05, 3.63) is 59.9 Å². The number of halogens is 1. The molecule has 1 saturated heterocycles. The summed E-state index contributed by atoms with van der Waals surface area (Å²) >= 11 is 5.13. The van der Waals surface area contributed by atoms with E-state index < -0.39 is 11.7 Å². The van der Waals surface area contributed by atoms with Gasteiger partial charge in [-0.3, -0.25) is 10.1 Å². The Balaban J connectivity index is 1.47. The van der Waals surface area contributed by atoms with Crippen LogP contribution in [0.3, 0.4) is 0 Å².